The van der Waals surface area contributed by atoms with Crippen LogP contribution in [0.2, 0.25) is 0 Å². The second-order valence-electron chi connectivity index (χ2n) is 5.93. The number of benzene rings is 1. The lowest BCUT2D eigenvalue weighted by atomic mass is 9.83. The molecule has 1 amide bonds. The minimum atomic E-state index is -4.80. The normalized spacial score (nSPS) is 13.0. The molecule has 1 aromatic rings. The molecule has 138 valence electrons. The van der Waals surface area contributed by atoms with E-state index in [0.29, 0.717) is 12.0 Å². The van der Waals surface area contributed by atoms with Crippen LogP contribution in [-0.2, 0) is 15.0 Å². The summed E-state index contributed by atoms with van der Waals surface area (Å²) in [5.41, 5.74) is -0.717. The molecule has 0 saturated heterocycles. The topological polar surface area (TPSA) is 75.6 Å². The van der Waals surface area contributed by atoms with Crippen molar-refractivity contribution < 1.29 is 32.6 Å². The van der Waals surface area contributed by atoms with Crippen molar-refractivity contribution in [3.63, 3.8) is 0 Å². The first-order valence-electron chi connectivity index (χ1n) is 7.48. The summed E-state index contributed by atoms with van der Waals surface area (Å²) in [6.07, 6.45) is -2.64. The van der Waals surface area contributed by atoms with Gasteiger partial charge in [0.15, 0.2) is 0 Å². The zero-order chi connectivity index (χ0) is 19.3. The third-order valence-electron chi connectivity index (χ3n) is 3.64. The fourth-order valence-electron chi connectivity index (χ4n) is 2.08. The van der Waals surface area contributed by atoms with Crippen molar-refractivity contribution in [2.75, 3.05) is 0 Å². The Labute approximate surface area is 143 Å². The zero-order valence-corrected chi connectivity index (χ0v) is 13.9. The van der Waals surface area contributed by atoms with E-state index in [2.05, 4.69) is 16.6 Å². The van der Waals surface area contributed by atoms with Gasteiger partial charge < -0.3 is 15.2 Å². The number of hydrogen-bond donors (Lipinski definition) is 2. The molecule has 0 aliphatic heterocycles. The second kappa shape index (κ2) is 8.04. The van der Waals surface area contributed by atoms with E-state index >= 15 is 0 Å². The summed E-state index contributed by atoms with van der Waals surface area (Å²) >= 11 is 0. The maximum atomic E-state index is 12.4. The van der Waals surface area contributed by atoms with Crippen molar-refractivity contribution in [3.05, 3.63) is 42.5 Å². The van der Waals surface area contributed by atoms with Gasteiger partial charge in [0.05, 0.1) is 5.41 Å². The van der Waals surface area contributed by atoms with E-state index < -0.39 is 35.4 Å². The number of carbonyl (C=O) groups is 2. The maximum Gasteiger partial charge on any atom is 0.573 e. The average Bonchev–Trinajstić information content (AvgIpc) is 2.49. The molecule has 8 heteroatoms. The van der Waals surface area contributed by atoms with Crippen LogP contribution in [-0.4, -0.2) is 29.4 Å². The highest BCUT2D eigenvalue weighted by atomic mass is 19.4. The zero-order valence-electron chi connectivity index (χ0n) is 13.9. The van der Waals surface area contributed by atoms with Gasteiger partial charge in [-0.3, -0.25) is 4.79 Å². The van der Waals surface area contributed by atoms with Crippen LogP contribution >= 0.6 is 0 Å². The number of rotatable bonds is 8. The standard InChI is InChI=1S/C17H20F3NO4/c1-4-5-6-13(14(22)23)21-15(24)16(2,3)11-7-9-12(10-8-11)25-17(18,19)20/h4,7-10,13H,1,5-6H2,2-3H3,(H,21,24)(H,22,23). The van der Waals surface area contributed by atoms with E-state index in [1.54, 1.807) is 19.9 Å². The van der Waals surface area contributed by atoms with Gasteiger partial charge >= 0.3 is 12.3 Å². The van der Waals surface area contributed by atoms with Crippen molar-refractivity contribution in [1.82, 2.24) is 5.32 Å². The molecule has 0 aliphatic rings. The smallest absolute Gasteiger partial charge is 0.480 e. The van der Waals surface area contributed by atoms with Crippen LogP contribution in [0.5, 0.6) is 5.75 Å². The monoisotopic (exact) mass is 359 g/mol. The quantitative estimate of drug-likeness (QED) is 0.698. The highest BCUT2D eigenvalue weighted by Crippen LogP contribution is 2.28. The molecule has 0 aliphatic carbocycles. The Kier molecular flexibility index (Phi) is 6.61. The first kappa shape index (κ1) is 20.5. The van der Waals surface area contributed by atoms with Gasteiger partial charge in [-0.1, -0.05) is 18.2 Å². The first-order valence-corrected chi connectivity index (χ1v) is 7.48. The predicted octanol–water partition coefficient (Wildman–Crippen LogP) is 3.40. The number of halogens is 3. The van der Waals surface area contributed by atoms with Gasteiger partial charge in [0.1, 0.15) is 11.8 Å². The van der Waals surface area contributed by atoms with Gasteiger partial charge in [-0.05, 0) is 44.4 Å². The number of nitrogens with one attached hydrogen (secondary N) is 1. The largest absolute Gasteiger partial charge is 0.573 e. The van der Waals surface area contributed by atoms with E-state index in [4.69, 9.17) is 5.11 Å². The molecule has 2 N–H and O–H groups in total. The summed E-state index contributed by atoms with van der Waals surface area (Å²) in [5.74, 6) is -2.12. The molecule has 1 rings (SSSR count). The Bertz CT molecular complexity index is 624. The van der Waals surface area contributed by atoms with Crippen LogP contribution in [0.3, 0.4) is 0 Å². The lowest BCUT2D eigenvalue weighted by molar-refractivity contribution is -0.274. The summed E-state index contributed by atoms with van der Waals surface area (Å²) in [5, 5.41) is 11.6. The summed E-state index contributed by atoms with van der Waals surface area (Å²) in [6.45, 7) is 6.60. The molecule has 0 aromatic heterocycles. The van der Waals surface area contributed by atoms with Crippen molar-refractivity contribution in [1.29, 1.82) is 0 Å². The van der Waals surface area contributed by atoms with Crippen molar-refractivity contribution in [3.8, 4) is 5.75 Å². The molecule has 0 spiro atoms. The van der Waals surface area contributed by atoms with Crippen LogP contribution in [0.1, 0.15) is 32.3 Å². The van der Waals surface area contributed by atoms with Crippen molar-refractivity contribution >= 4 is 11.9 Å². The summed E-state index contributed by atoms with van der Waals surface area (Å²) in [7, 11) is 0. The first-order chi connectivity index (χ1) is 11.5. The summed E-state index contributed by atoms with van der Waals surface area (Å²) in [6, 6.07) is 3.80. The molecular formula is C17H20F3NO4. The van der Waals surface area contributed by atoms with Gasteiger partial charge in [-0.15, -0.1) is 19.8 Å². The van der Waals surface area contributed by atoms with Gasteiger partial charge in [-0.2, -0.15) is 0 Å². The van der Waals surface area contributed by atoms with Gasteiger partial charge in [0.2, 0.25) is 5.91 Å². The second-order valence-corrected chi connectivity index (χ2v) is 5.93. The Morgan fingerprint density at radius 2 is 1.84 bits per heavy atom. The molecule has 0 heterocycles. The molecule has 25 heavy (non-hydrogen) atoms. The number of carboxylic acid groups (broad SMARTS) is 1. The Hall–Kier alpha value is -2.51. The number of carbonyl (C=O) groups excluding carboxylic acids is 1. The highest BCUT2D eigenvalue weighted by Gasteiger charge is 2.34. The van der Waals surface area contributed by atoms with Crippen LogP contribution in [0.4, 0.5) is 13.2 Å². The molecule has 1 aromatic carbocycles. The molecule has 0 radical (unpaired) electrons. The minimum absolute atomic E-state index is 0.193. The third kappa shape index (κ3) is 6.13. The van der Waals surface area contributed by atoms with Crippen molar-refractivity contribution in [2.45, 2.75) is 44.5 Å². The molecule has 1 unspecified atom stereocenters. The number of ether oxygens (including phenoxy) is 1. The molecule has 0 fully saturated rings. The fraction of sp³-hybridized carbons (Fsp3) is 0.412. The van der Waals surface area contributed by atoms with E-state index in [-0.39, 0.29) is 6.42 Å². The van der Waals surface area contributed by atoms with Gasteiger partial charge in [0.25, 0.3) is 0 Å². The van der Waals surface area contributed by atoms with Crippen LogP contribution in [0.15, 0.2) is 36.9 Å². The number of carboxylic acids is 1. The molecule has 1 atom stereocenters. The molecular weight excluding hydrogens is 339 g/mol. The Balaban J connectivity index is 2.89. The number of aliphatic carboxylic acids is 1. The predicted molar refractivity (Wildman–Crippen MR) is 85.1 cm³/mol. The van der Waals surface area contributed by atoms with E-state index in [1.165, 1.54) is 12.1 Å². The van der Waals surface area contributed by atoms with Gasteiger partial charge in [-0.25, -0.2) is 4.79 Å². The van der Waals surface area contributed by atoms with Crippen molar-refractivity contribution in [2.24, 2.45) is 0 Å². The number of alkyl halides is 3. The number of allylic oxidation sites excluding steroid dienone is 1. The third-order valence-corrected chi connectivity index (χ3v) is 3.64. The van der Waals surface area contributed by atoms with Crippen LogP contribution in [0, 0.1) is 0 Å². The average molecular weight is 359 g/mol. The summed E-state index contributed by atoms with van der Waals surface area (Å²) < 4.78 is 40.3. The molecule has 0 bridgehead atoms. The minimum Gasteiger partial charge on any atom is -0.480 e. The van der Waals surface area contributed by atoms with E-state index in [9.17, 15) is 22.8 Å². The number of hydrogen-bond acceptors (Lipinski definition) is 3. The fourth-order valence-corrected chi connectivity index (χ4v) is 2.08. The molecule has 5 nitrogen and oxygen atoms in total. The SMILES string of the molecule is C=CCCC(NC(=O)C(C)(C)c1ccc(OC(F)(F)F)cc1)C(=O)O. The van der Waals surface area contributed by atoms with Gasteiger partial charge in [0, 0.05) is 0 Å². The lowest BCUT2D eigenvalue weighted by Gasteiger charge is -2.26. The van der Waals surface area contributed by atoms with E-state index in [1.807, 2.05) is 0 Å². The summed E-state index contributed by atoms with van der Waals surface area (Å²) in [4.78, 5) is 23.7. The molecule has 0 saturated carbocycles. The van der Waals surface area contributed by atoms with Crippen LogP contribution in [0.25, 0.3) is 0 Å². The number of amides is 1. The van der Waals surface area contributed by atoms with E-state index in [0.717, 1.165) is 12.1 Å². The maximum absolute atomic E-state index is 12.4. The Morgan fingerprint density at radius 3 is 2.28 bits per heavy atom. The van der Waals surface area contributed by atoms with Crippen LogP contribution < -0.4 is 10.1 Å². The Morgan fingerprint density at radius 1 is 1.28 bits per heavy atom. The highest BCUT2D eigenvalue weighted by molar-refractivity contribution is 5.90. The lowest BCUT2D eigenvalue weighted by Crippen LogP contribution is -2.48.